The zero-order valence-electron chi connectivity index (χ0n) is 25.7. The van der Waals surface area contributed by atoms with Gasteiger partial charge in [0.05, 0.1) is 30.0 Å². The molecule has 1 unspecified atom stereocenters. The van der Waals surface area contributed by atoms with E-state index in [-0.39, 0.29) is 42.0 Å². The number of ether oxygens (including phenoxy) is 1. The Hall–Kier alpha value is -4.69. The molecule has 10 nitrogen and oxygen atoms in total. The van der Waals surface area contributed by atoms with Crippen LogP contribution in [0.4, 0.5) is 4.39 Å². The number of nitrogens with zero attached hydrogens (tertiary/aromatic N) is 6. The number of hydrazone groups is 1. The number of nitriles is 1. The van der Waals surface area contributed by atoms with Gasteiger partial charge < -0.3 is 4.74 Å². The Morgan fingerprint density at radius 2 is 1.89 bits per heavy atom. The molecule has 0 spiro atoms. The van der Waals surface area contributed by atoms with Crippen LogP contribution in [0.1, 0.15) is 86.6 Å². The molecule has 0 saturated heterocycles. The van der Waals surface area contributed by atoms with E-state index in [1.54, 1.807) is 29.0 Å². The van der Waals surface area contributed by atoms with Gasteiger partial charge >= 0.3 is 0 Å². The van der Waals surface area contributed by atoms with Crippen molar-refractivity contribution in [3.05, 3.63) is 86.8 Å². The van der Waals surface area contributed by atoms with E-state index >= 15 is 4.39 Å². The largest absolute Gasteiger partial charge is 0.360 e. The number of hydrogen-bond donors (Lipinski definition) is 1. The Kier molecular flexibility index (Phi) is 8.59. The summed E-state index contributed by atoms with van der Waals surface area (Å²) in [7, 11) is 0. The van der Waals surface area contributed by atoms with Crippen molar-refractivity contribution in [1.29, 1.82) is 5.26 Å². The number of carbonyl (C=O) groups excluding carboxylic acids is 1. The van der Waals surface area contributed by atoms with Crippen molar-refractivity contribution in [3.63, 3.8) is 0 Å². The molecule has 1 amide bonds. The van der Waals surface area contributed by atoms with Crippen LogP contribution in [0, 0.1) is 24.1 Å². The summed E-state index contributed by atoms with van der Waals surface area (Å²) in [5, 5.41) is 18.0. The van der Waals surface area contributed by atoms with Gasteiger partial charge in [0.1, 0.15) is 17.7 Å². The second kappa shape index (κ2) is 12.7. The molecule has 1 aliphatic carbocycles. The van der Waals surface area contributed by atoms with E-state index in [9.17, 15) is 9.59 Å². The minimum Gasteiger partial charge on any atom is -0.360 e. The number of hydrogen-bond acceptors (Lipinski definition) is 7. The molecule has 0 bridgehead atoms. The first-order chi connectivity index (χ1) is 21.8. The van der Waals surface area contributed by atoms with Crippen molar-refractivity contribution in [1.82, 2.24) is 24.6 Å². The summed E-state index contributed by atoms with van der Waals surface area (Å²) in [6.45, 7) is 5.57. The van der Waals surface area contributed by atoms with E-state index in [0.717, 1.165) is 17.7 Å². The predicted molar refractivity (Wildman–Crippen MR) is 167 cm³/mol. The van der Waals surface area contributed by atoms with E-state index in [2.05, 4.69) is 26.7 Å². The fraction of sp³-hybridized carbons (Fsp3) is 0.412. The highest BCUT2D eigenvalue weighted by atomic mass is 19.1. The average molecular weight is 610 g/mol. The molecule has 2 aromatic heterocycles. The van der Waals surface area contributed by atoms with E-state index in [0.29, 0.717) is 66.1 Å². The maximum atomic E-state index is 16.7. The molecule has 0 radical (unpaired) electrons. The Morgan fingerprint density at radius 3 is 2.56 bits per heavy atom. The number of amides is 1. The minimum atomic E-state index is -0.501. The molecule has 1 fully saturated rings. The van der Waals surface area contributed by atoms with Gasteiger partial charge in [-0.2, -0.15) is 20.4 Å². The summed E-state index contributed by atoms with van der Waals surface area (Å²) in [5.41, 5.74) is 5.81. The number of halogens is 1. The van der Waals surface area contributed by atoms with Gasteiger partial charge in [0.2, 0.25) is 11.7 Å². The zero-order valence-corrected chi connectivity index (χ0v) is 25.7. The normalized spacial score (nSPS) is 18.9. The van der Waals surface area contributed by atoms with Gasteiger partial charge in [-0.05, 0) is 62.6 Å². The van der Waals surface area contributed by atoms with Gasteiger partial charge in [0, 0.05) is 23.6 Å². The van der Waals surface area contributed by atoms with Gasteiger partial charge in [-0.1, -0.05) is 55.8 Å². The highest BCUT2D eigenvalue weighted by Crippen LogP contribution is 2.33. The summed E-state index contributed by atoms with van der Waals surface area (Å²) in [5.74, 6) is 0.245. The monoisotopic (exact) mass is 609 g/mol. The summed E-state index contributed by atoms with van der Waals surface area (Å²) < 4.78 is 26.0. The van der Waals surface area contributed by atoms with Crippen molar-refractivity contribution in [2.24, 2.45) is 5.10 Å². The van der Waals surface area contributed by atoms with Gasteiger partial charge in [-0.25, -0.2) is 14.3 Å². The van der Waals surface area contributed by atoms with Crippen LogP contribution in [0.5, 0.6) is 0 Å². The van der Waals surface area contributed by atoms with Gasteiger partial charge in [-0.15, -0.1) is 0 Å². The molecular weight excluding hydrogens is 573 g/mol. The third-order valence-electron chi connectivity index (χ3n) is 8.67. The lowest BCUT2D eigenvalue weighted by Gasteiger charge is -2.31. The van der Waals surface area contributed by atoms with E-state index < -0.39 is 11.9 Å². The number of aryl methyl sites for hydroxylation is 2. The fourth-order valence-corrected chi connectivity index (χ4v) is 6.58. The SMILES string of the molecule is CCCc1c(Cc2ccc(-c3ccccc3)c(C3=NNC(=O)C3)c2F)c(=O)n(C2CCC(OC(C)C#N)CC2)c2nc(C)nn12. The molecule has 3 heterocycles. The maximum Gasteiger partial charge on any atom is 0.259 e. The van der Waals surface area contributed by atoms with E-state index in [4.69, 9.17) is 10.00 Å². The number of nitrogens with one attached hydrogen (secondary N) is 1. The quantitative estimate of drug-likeness (QED) is 0.279. The third-order valence-corrected chi connectivity index (χ3v) is 8.67. The first-order valence-electron chi connectivity index (χ1n) is 15.6. The number of benzene rings is 2. The molecule has 232 valence electrons. The van der Waals surface area contributed by atoms with Crippen LogP contribution < -0.4 is 11.0 Å². The van der Waals surface area contributed by atoms with Crippen LogP contribution in [0.25, 0.3) is 16.9 Å². The molecule has 1 N–H and O–H groups in total. The molecule has 6 rings (SSSR count). The molecule has 1 atom stereocenters. The lowest BCUT2D eigenvalue weighted by atomic mass is 9.90. The third kappa shape index (κ3) is 5.90. The van der Waals surface area contributed by atoms with Crippen molar-refractivity contribution < 1.29 is 13.9 Å². The Bertz CT molecular complexity index is 1880. The van der Waals surface area contributed by atoms with E-state index in [1.165, 1.54) is 0 Å². The Labute approximate surface area is 260 Å². The van der Waals surface area contributed by atoms with Crippen molar-refractivity contribution in [2.45, 2.75) is 90.4 Å². The Morgan fingerprint density at radius 1 is 1.13 bits per heavy atom. The van der Waals surface area contributed by atoms with Crippen LogP contribution in [-0.2, 0) is 22.4 Å². The van der Waals surface area contributed by atoms with Crippen LogP contribution in [0.2, 0.25) is 0 Å². The second-order valence-electron chi connectivity index (χ2n) is 11.8. The summed E-state index contributed by atoms with van der Waals surface area (Å²) >= 11 is 0. The molecule has 2 aliphatic rings. The van der Waals surface area contributed by atoms with Gasteiger partial charge in [0.15, 0.2) is 0 Å². The van der Waals surface area contributed by atoms with Crippen molar-refractivity contribution >= 4 is 17.4 Å². The maximum absolute atomic E-state index is 16.7. The average Bonchev–Trinajstić information content (AvgIpc) is 3.65. The highest BCUT2D eigenvalue weighted by Gasteiger charge is 2.30. The standard InChI is InChI=1S/C34H36FN7O3/c1-4-8-29-27(17-23-11-16-26(22-9-6-5-7-10-22)31(32(23)35)28-18-30(43)39-38-28)33(44)41(34-37-21(3)40-42(29)34)24-12-14-25(15-13-24)45-20(2)19-36/h5-7,9-11,16,20,24-25H,4,8,12-15,17-18H2,1-3H3,(H,39,43). The molecule has 4 aromatic rings. The highest BCUT2D eigenvalue weighted by molar-refractivity contribution is 6.16. The van der Waals surface area contributed by atoms with Gasteiger partial charge in [0.25, 0.3) is 5.56 Å². The number of rotatable bonds is 9. The summed E-state index contributed by atoms with van der Waals surface area (Å²) in [6.07, 6.45) is 3.60. The van der Waals surface area contributed by atoms with Crippen LogP contribution >= 0.6 is 0 Å². The molecule has 2 aromatic carbocycles. The molecule has 11 heteroatoms. The number of aromatic nitrogens is 4. The van der Waals surface area contributed by atoms with E-state index in [1.807, 2.05) is 43.3 Å². The van der Waals surface area contributed by atoms with Crippen molar-refractivity contribution in [2.75, 3.05) is 0 Å². The Balaban J connectivity index is 1.46. The molecule has 1 aliphatic heterocycles. The summed E-state index contributed by atoms with van der Waals surface area (Å²) in [6, 6.07) is 15.0. The predicted octanol–water partition coefficient (Wildman–Crippen LogP) is 5.19. The second-order valence-corrected chi connectivity index (χ2v) is 11.8. The topological polar surface area (TPSA) is 127 Å². The first kappa shape index (κ1) is 30.3. The van der Waals surface area contributed by atoms with Crippen LogP contribution in [-0.4, -0.2) is 43.0 Å². The fourth-order valence-electron chi connectivity index (χ4n) is 6.58. The number of carbonyl (C=O) groups is 1. The lowest BCUT2D eigenvalue weighted by Crippen LogP contribution is -2.35. The van der Waals surface area contributed by atoms with Crippen LogP contribution in [0.15, 0.2) is 52.4 Å². The lowest BCUT2D eigenvalue weighted by molar-refractivity contribution is -0.119. The molecule has 1 saturated carbocycles. The van der Waals surface area contributed by atoms with Gasteiger partial charge in [-0.3, -0.25) is 14.2 Å². The first-order valence-corrected chi connectivity index (χ1v) is 15.6. The molecule has 45 heavy (non-hydrogen) atoms. The number of fused-ring (bicyclic) bond motifs is 1. The zero-order chi connectivity index (χ0) is 31.7. The summed E-state index contributed by atoms with van der Waals surface area (Å²) in [4.78, 5) is 31.3. The molecular formula is C34H36FN7O3. The minimum absolute atomic E-state index is 0.0299. The van der Waals surface area contributed by atoms with Crippen LogP contribution in [0.3, 0.4) is 0 Å². The van der Waals surface area contributed by atoms with Crippen molar-refractivity contribution in [3.8, 4) is 17.2 Å². The smallest absolute Gasteiger partial charge is 0.259 e.